The Labute approximate surface area is 189 Å². The number of piperidine rings is 1. The second-order valence-electron chi connectivity index (χ2n) is 8.13. The van der Waals surface area contributed by atoms with E-state index in [1.54, 1.807) is 28.0 Å². The van der Waals surface area contributed by atoms with Gasteiger partial charge in [-0.3, -0.25) is 14.4 Å². The molecule has 168 valence electrons. The lowest BCUT2D eigenvalue weighted by atomic mass is 10.0. The standard InChI is InChI=1S/C24H22FN5O3/c25-18-5-1-2-6-19(18)30-22-17(21(27-30)23(26)32)12-14-29(24(22)33)16-10-8-15(9-11-16)28-13-4-3-7-20(28)31/h1-2,5-6,8-11H,3-4,7,12-14H2,(H2,26,32). The van der Waals surface area contributed by atoms with Gasteiger partial charge in [0.05, 0.1) is 0 Å². The van der Waals surface area contributed by atoms with Gasteiger partial charge in [-0.25, -0.2) is 9.07 Å². The van der Waals surface area contributed by atoms with Crippen LogP contribution in [0, 0.1) is 5.82 Å². The Hall–Kier alpha value is -4.01. The fourth-order valence-electron chi connectivity index (χ4n) is 4.49. The third-order valence-corrected chi connectivity index (χ3v) is 6.13. The molecule has 0 spiro atoms. The molecule has 2 aromatic carbocycles. The number of fused-ring (bicyclic) bond motifs is 1. The van der Waals surface area contributed by atoms with Crippen LogP contribution in [0.15, 0.2) is 48.5 Å². The lowest BCUT2D eigenvalue weighted by Crippen LogP contribution is -2.39. The number of aromatic nitrogens is 2. The first-order chi connectivity index (χ1) is 16.0. The zero-order valence-corrected chi connectivity index (χ0v) is 17.8. The quantitative estimate of drug-likeness (QED) is 0.664. The van der Waals surface area contributed by atoms with Gasteiger partial charge < -0.3 is 15.5 Å². The molecule has 0 aliphatic carbocycles. The highest BCUT2D eigenvalue weighted by atomic mass is 19.1. The van der Waals surface area contributed by atoms with Crippen molar-refractivity contribution in [1.82, 2.24) is 9.78 Å². The molecule has 8 nitrogen and oxygen atoms in total. The fourth-order valence-corrected chi connectivity index (χ4v) is 4.49. The molecule has 5 rings (SSSR count). The van der Waals surface area contributed by atoms with Gasteiger partial charge in [0, 0.05) is 36.4 Å². The average molecular weight is 447 g/mol. The molecule has 3 amide bonds. The van der Waals surface area contributed by atoms with E-state index in [1.807, 2.05) is 12.1 Å². The summed E-state index contributed by atoms with van der Waals surface area (Å²) < 4.78 is 15.7. The second-order valence-corrected chi connectivity index (χ2v) is 8.13. The summed E-state index contributed by atoms with van der Waals surface area (Å²) in [6.45, 7) is 0.999. The van der Waals surface area contributed by atoms with Crippen LogP contribution in [0.25, 0.3) is 5.69 Å². The number of hydrogen-bond acceptors (Lipinski definition) is 4. The molecule has 2 aliphatic heterocycles. The summed E-state index contributed by atoms with van der Waals surface area (Å²) in [5.41, 5.74) is 7.50. The predicted molar refractivity (Wildman–Crippen MR) is 120 cm³/mol. The maximum absolute atomic E-state index is 14.5. The van der Waals surface area contributed by atoms with Crippen molar-refractivity contribution < 1.29 is 18.8 Å². The highest BCUT2D eigenvalue weighted by Gasteiger charge is 2.35. The molecule has 0 atom stereocenters. The minimum Gasteiger partial charge on any atom is -0.364 e. The molecule has 3 heterocycles. The topological polar surface area (TPSA) is 102 Å². The molecule has 0 saturated carbocycles. The molecular weight excluding hydrogens is 425 g/mol. The summed E-state index contributed by atoms with van der Waals surface area (Å²) in [4.78, 5) is 41.0. The van der Waals surface area contributed by atoms with Crippen molar-refractivity contribution in [1.29, 1.82) is 0 Å². The highest BCUT2D eigenvalue weighted by molar-refractivity contribution is 6.09. The van der Waals surface area contributed by atoms with Gasteiger partial charge >= 0.3 is 0 Å². The summed E-state index contributed by atoms with van der Waals surface area (Å²) in [7, 11) is 0. The minimum atomic E-state index is -0.766. The lowest BCUT2D eigenvalue weighted by Gasteiger charge is -2.29. The Kier molecular flexibility index (Phi) is 5.16. The van der Waals surface area contributed by atoms with Crippen molar-refractivity contribution >= 4 is 29.1 Å². The molecule has 0 unspecified atom stereocenters. The van der Waals surface area contributed by atoms with Crippen molar-refractivity contribution in [2.24, 2.45) is 5.73 Å². The van der Waals surface area contributed by atoms with E-state index in [4.69, 9.17) is 5.73 Å². The molecular formula is C24H22FN5O3. The number of nitrogens with two attached hydrogens (primary N) is 1. The van der Waals surface area contributed by atoms with Crippen molar-refractivity contribution in [2.45, 2.75) is 25.7 Å². The van der Waals surface area contributed by atoms with E-state index in [-0.39, 0.29) is 23.0 Å². The SMILES string of the molecule is NC(=O)c1nn(-c2ccccc2F)c2c1CCN(c1ccc(N3CCCCC3=O)cc1)C2=O. The Morgan fingerprint density at radius 2 is 1.61 bits per heavy atom. The van der Waals surface area contributed by atoms with Gasteiger partial charge in [-0.1, -0.05) is 12.1 Å². The molecule has 9 heteroatoms. The van der Waals surface area contributed by atoms with Gasteiger partial charge in [-0.2, -0.15) is 5.10 Å². The van der Waals surface area contributed by atoms with E-state index in [0.29, 0.717) is 37.2 Å². The Morgan fingerprint density at radius 3 is 2.27 bits per heavy atom. The van der Waals surface area contributed by atoms with Gasteiger partial charge in [-0.15, -0.1) is 0 Å². The van der Waals surface area contributed by atoms with Gasteiger partial charge in [0.15, 0.2) is 5.69 Å². The largest absolute Gasteiger partial charge is 0.364 e. The number of rotatable bonds is 4. The van der Waals surface area contributed by atoms with Crippen LogP contribution >= 0.6 is 0 Å². The smallest absolute Gasteiger partial charge is 0.277 e. The maximum Gasteiger partial charge on any atom is 0.277 e. The first kappa shape index (κ1) is 20.9. The fraction of sp³-hybridized carbons (Fsp3) is 0.250. The third-order valence-electron chi connectivity index (χ3n) is 6.13. The Morgan fingerprint density at radius 1 is 0.909 bits per heavy atom. The lowest BCUT2D eigenvalue weighted by molar-refractivity contribution is -0.119. The Bertz CT molecular complexity index is 1270. The summed E-state index contributed by atoms with van der Waals surface area (Å²) in [5.74, 6) is -1.64. The van der Waals surface area contributed by atoms with Crippen LogP contribution < -0.4 is 15.5 Å². The highest BCUT2D eigenvalue weighted by Crippen LogP contribution is 2.31. The first-order valence-electron chi connectivity index (χ1n) is 10.8. The Balaban J connectivity index is 1.51. The first-order valence-corrected chi connectivity index (χ1v) is 10.8. The van der Waals surface area contributed by atoms with Gasteiger partial charge in [0.1, 0.15) is 17.2 Å². The summed E-state index contributed by atoms with van der Waals surface area (Å²) >= 11 is 0. The molecule has 1 saturated heterocycles. The van der Waals surface area contributed by atoms with E-state index < -0.39 is 17.6 Å². The summed E-state index contributed by atoms with van der Waals surface area (Å²) in [6.07, 6.45) is 2.75. The van der Waals surface area contributed by atoms with E-state index in [9.17, 15) is 18.8 Å². The maximum atomic E-state index is 14.5. The number of anilines is 2. The zero-order chi connectivity index (χ0) is 23.1. The number of primary amides is 1. The van der Waals surface area contributed by atoms with E-state index >= 15 is 0 Å². The minimum absolute atomic E-state index is 0.0276. The molecule has 0 radical (unpaired) electrons. The van der Waals surface area contributed by atoms with Crippen LogP contribution in [0.3, 0.4) is 0 Å². The molecule has 1 fully saturated rings. The zero-order valence-electron chi connectivity index (χ0n) is 17.8. The third kappa shape index (κ3) is 3.55. The number of benzene rings is 2. The molecule has 1 aromatic heterocycles. The monoisotopic (exact) mass is 447 g/mol. The van der Waals surface area contributed by atoms with Crippen molar-refractivity contribution in [3.63, 3.8) is 0 Å². The summed E-state index contributed by atoms with van der Waals surface area (Å²) in [5, 5.41) is 4.20. The van der Waals surface area contributed by atoms with Gasteiger partial charge in [0.25, 0.3) is 11.8 Å². The van der Waals surface area contributed by atoms with Crippen LogP contribution in [0.2, 0.25) is 0 Å². The van der Waals surface area contributed by atoms with Crippen LogP contribution in [-0.2, 0) is 11.2 Å². The molecule has 33 heavy (non-hydrogen) atoms. The van der Waals surface area contributed by atoms with Gasteiger partial charge in [0.2, 0.25) is 5.91 Å². The van der Waals surface area contributed by atoms with Crippen LogP contribution in [0.1, 0.15) is 45.8 Å². The van der Waals surface area contributed by atoms with Crippen LogP contribution in [-0.4, -0.2) is 40.6 Å². The second kappa shape index (κ2) is 8.16. The molecule has 2 N–H and O–H groups in total. The number of hydrogen-bond donors (Lipinski definition) is 1. The normalized spacial score (nSPS) is 16.2. The van der Waals surface area contributed by atoms with Crippen molar-refractivity contribution in [3.8, 4) is 5.69 Å². The van der Waals surface area contributed by atoms with E-state index in [0.717, 1.165) is 18.5 Å². The number of para-hydroxylation sites is 1. The van der Waals surface area contributed by atoms with E-state index in [1.165, 1.54) is 22.9 Å². The average Bonchev–Trinajstić information content (AvgIpc) is 3.21. The van der Waals surface area contributed by atoms with Gasteiger partial charge in [-0.05, 0) is 55.7 Å². The molecule has 0 bridgehead atoms. The number of nitrogens with zero attached hydrogens (tertiary/aromatic N) is 4. The molecule has 2 aliphatic rings. The van der Waals surface area contributed by atoms with Crippen molar-refractivity contribution in [2.75, 3.05) is 22.9 Å². The molecule has 3 aromatic rings. The van der Waals surface area contributed by atoms with Crippen molar-refractivity contribution in [3.05, 3.63) is 71.3 Å². The predicted octanol–water partition coefficient (Wildman–Crippen LogP) is 2.83. The van der Waals surface area contributed by atoms with E-state index in [2.05, 4.69) is 5.10 Å². The summed E-state index contributed by atoms with van der Waals surface area (Å²) in [6, 6.07) is 13.1. The number of amides is 3. The number of halogens is 1. The number of carbonyl (C=O) groups is 3. The van der Waals surface area contributed by atoms with Crippen LogP contribution in [0.4, 0.5) is 15.8 Å². The van der Waals surface area contributed by atoms with Crippen LogP contribution in [0.5, 0.6) is 0 Å². The number of carbonyl (C=O) groups excluding carboxylic acids is 3.